The molecule has 1 heterocycles. The molecule has 0 radical (unpaired) electrons. The molecule has 0 unspecified atom stereocenters. The summed E-state index contributed by atoms with van der Waals surface area (Å²) in [6.45, 7) is 3.14. The quantitative estimate of drug-likeness (QED) is 0.714. The van der Waals surface area contributed by atoms with Gasteiger partial charge in [-0.1, -0.05) is 6.07 Å². The number of aromatic nitrogens is 2. The van der Waals surface area contributed by atoms with Crippen LogP contribution in [0.1, 0.15) is 42.5 Å². The molecule has 0 aliphatic heterocycles. The Balaban J connectivity index is 1.92. The van der Waals surface area contributed by atoms with Crippen LogP contribution in [0.5, 0.6) is 0 Å². The maximum absolute atomic E-state index is 13.1. The SMILES string of the molecule is Cc1c(Nc2cc(C3CC3)nc(N[C@@H](C)CO)n2)cccc1C(F)(F)F. The highest BCUT2D eigenvalue weighted by Gasteiger charge is 2.33. The molecule has 3 N–H and O–H groups in total. The van der Waals surface area contributed by atoms with Gasteiger partial charge in [-0.25, -0.2) is 4.98 Å². The molecule has 26 heavy (non-hydrogen) atoms. The van der Waals surface area contributed by atoms with Crippen molar-refractivity contribution >= 4 is 17.5 Å². The van der Waals surface area contributed by atoms with Crippen LogP contribution in [0.3, 0.4) is 0 Å². The average molecular weight is 366 g/mol. The van der Waals surface area contributed by atoms with Crippen molar-refractivity contribution < 1.29 is 18.3 Å². The van der Waals surface area contributed by atoms with Gasteiger partial charge in [-0.15, -0.1) is 0 Å². The molecule has 5 nitrogen and oxygen atoms in total. The summed E-state index contributed by atoms with van der Waals surface area (Å²) in [5.74, 6) is 1.13. The Kier molecular flexibility index (Phi) is 5.04. The number of aliphatic hydroxyl groups is 1. The third-order valence-electron chi connectivity index (χ3n) is 4.29. The Morgan fingerprint density at radius 3 is 2.62 bits per heavy atom. The van der Waals surface area contributed by atoms with Gasteiger partial charge in [0.2, 0.25) is 5.95 Å². The molecule has 1 aromatic heterocycles. The summed E-state index contributed by atoms with van der Waals surface area (Å²) in [6, 6.07) is 5.56. The van der Waals surface area contributed by atoms with Gasteiger partial charge >= 0.3 is 6.18 Å². The first kappa shape index (κ1) is 18.4. The van der Waals surface area contributed by atoms with Crippen LogP contribution in [0.15, 0.2) is 24.3 Å². The van der Waals surface area contributed by atoms with E-state index < -0.39 is 11.7 Å². The summed E-state index contributed by atoms with van der Waals surface area (Å²) >= 11 is 0. The van der Waals surface area contributed by atoms with E-state index in [2.05, 4.69) is 20.6 Å². The van der Waals surface area contributed by atoms with Crippen molar-refractivity contribution in [3.05, 3.63) is 41.1 Å². The average Bonchev–Trinajstić information content (AvgIpc) is 3.40. The van der Waals surface area contributed by atoms with E-state index in [1.54, 1.807) is 19.1 Å². The van der Waals surface area contributed by atoms with Crippen LogP contribution in [0, 0.1) is 6.92 Å². The molecule has 1 saturated carbocycles. The topological polar surface area (TPSA) is 70.1 Å². The number of benzene rings is 1. The number of rotatable bonds is 6. The second-order valence-corrected chi connectivity index (χ2v) is 6.60. The molecular formula is C18H21F3N4O. The standard InChI is InChI=1S/C18H21F3N4O/c1-10(9-26)22-17-24-15(12-6-7-12)8-16(25-17)23-14-5-3-4-13(11(14)2)18(19,20)21/h3-5,8,10,12,26H,6-7,9H2,1-2H3,(H2,22,23,24,25)/t10-/m0/s1. The number of alkyl halides is 3. The summed E-state index contributed by atoms with van der Waals surface area (Å²) in [4.78, 5) is 8.78. The van der Waals surface area contributed by atoms with E-state index in [9.17, 15) is 18.3 Å². The number of nitrogens with one attached hydrogen (secondary N) is 2. The minimum absolute atomic E-state index is 0.0769. The maximum Gasteiger partial charge on any atom is 0.416 e. The van der Waals surface area contributed by atoms with Gasteiger partial charge in [0.1, 0.15) is 5.82 Å². The van der Waals surface area contributed by atoms with E-state index in [4.69, 9.17) is 0 Å². The lowest BCUT2D eigenvalue weighted by Gasteiger charge is -2.17. The predicted octanol–water partition coefficient (Wildman–Crippen LogP) is 4.22. The Morgan fingerprint density at radius 2 is 2.00 bits per heavy atom. The molecule has 1 aliphatic carbocycles. The molecular weight excluding hydrogens is 345 g/mol. The maximum atomic E-state index is 13.1. The second kappa shape index (κ2) is 7.11. The zero-order chi connectivity index (χ0) is 18.9. The summed E-state index contributed by atoms with van der Waals surface area (Å²) in [5.41, 5.74) is 0.636. The van der Waals surface area contributed by atoms with Crippen LogP contribution in [-0.2, 0) is 6.18 Å². The Hall–Kier alpha value is -2.35. The van der Waals surface area contributed by atoms with Crippen molar-refractivity contribution in [2.45, 2.75) is 44.8 Å². The first-order chi connectivity index (χ1) is 12.3. The van der Waals surface area contributed by atoms with Gasteiger partial charge in [0.05, 0.1) is 17.9 Å². The molecule has 3 rings (SSSR count). The summed E-state index contributed by atoms with van der Waals surface area (Å²) in [7, 11) is 0. The molecule has 1 fully saturated rings. The Morgan fingerprint density at radius 1 is 1.27 bits per heavy atom. The van der Waals surface area contributed by atoms with E-state index in [0.717, 1.165) is 24.6 Å². The zero-order valence-electron chi connectivity index (χ0n) is 14.6. The van der Waals surface area contributed by atoms with Crippen molar-refractivity contribution in [3.63, 3.8) is 0 Å². The van der Waals surface area contributed by atoms with Gasteiger partial charge < -0.3 is 15.7 Å². The highest BCUT2D eigenvalue weighted by Crippen LogP contribution is 2.40. The minimum atomic E-state index is -4.41. The van der Waals surface area contributed by atoms with Crippen LogP contribution in [0.4, 0.5) is 30.6 Å². The molecule has 0 saturated heterocycles. The lowest BCUT2D eigenvalue weighted by molar-refractivity contribution is -0.138. The molecule has 140 valence electrons. The lowest BCUT2D eigenvalue weighted by Crippen LogP contribution is -2.21. The van der Waals surface area contributed by atoms with Crippen molar-refractivity contribution in [3.8, 4) is 0 Å². The van der Waals surface area contributed by atoms with Crippen LogP contribution >= 0.6 is 0 Å². The Bertz CT molecular complexity index is 790. The van der Waals surface area contributed by atoms with Gasteiger partial charge in [-0.2, -0.15) is 18.2 Å². The Labute approximate surface area is 149 Å². The third kappa shape index (κ3) is 4.24. The fraction of sp³-hybridized carbons (Fsp3) is 0.444. The third-order valence-corrected chi connectivity index (χ3v) is 4.29. The number of halogens is 3. The fourth-order valence-electron chi connectivity index (χ4n) is 2.66. The van der Waals surface area contributed by atoms with E-state index in [1.807, 2.05) is 0 Å². The summed E-state index contributed by atoms with van der Waals surface area (Å²) in [6.07, 6.45) is -2.34. The number of hydrogen-bond acceptors (Lipinski definition) is 5. The van der Waals surface area contributed by atoms with Gasteiger partial charge in [0.25, 0.3) is 0 Å². The van der Waals surface area contributed by atoms with Gasteiger partial charge in [0.15, 0.2) is 0 Å². The molecule has 2 aromatic rings. The van der Waals surface area contributed by atoms with Crippen LogP contribution < -0.4 is 10.6 Å². The van der Waals surface area contributed by atoms with E-state index in [1.165, 1.54) is 13.0 Å². The largest absolute Gasteiger partial charge is 0.416 e. The number of nitrogens with zero attached hydrogens (tertiary/aromatic N) is 2. The highest BCUT2D eigenvalue weighted by molar-refractivity contribution is 5.63. The van der Waals surface area contributed by atoms with Gasteiger partial charge in [-0.05, 0) is 44.4 Å². The smallest absolute Gasteiger partial charge is 0.394 e. The van der Waals surface area contributed by atoms with E-state index in [0.29, 0.717) is 23.4 Å². The van der Waals surface area contributed by atoms with Gasteiger partial charge in [0, 0.05) is 23.7 Å². The number of anilines is 3. The number of aliphatic hydroxyl groups excluding tert-OH is 1. The molecule has 8 heteroatoms. The van der Waals surface area contributed by atoms with Gasteiger partial charge in [-0.3, -0.25) is 0 Å². The minimum Gasteiger partial charge on any atom is -0.394 e. The lowest BCUT2D eigenvalue weighted by atomic mass is 10.1. The van der Waals surface area contributed by atoms with E-state index in [-0.39, 0.29) is 18.2 Å². The van der Waals surface area contributed by atoms with E-state index >= 15 is 0 Å². The summed E-state index contributed by atoms with van der Waals surface area (Å²) < 4.78 is 39.3. The van der Waals surface area contributed by atoms with Crippen molar-refractivity contribution in [2.75, 3.05) is 17.2 Å². The first-order valence-electron chi connectivity index (χ1n) is 8.48. The molecule has 0 bridgehead atoms. The zero-order valence-corrected chi connectivity index (χ0v) is 14.6. The predicted molar refractivity (Wildman–Crippen MR) is 93.6 cm³/mol. The highest BCUT2D eigenvalue weighted by atomic mass is 19.4. The molecule has 1 atom stereocenters. The van der Waals surface area contributed by atoms with Crippen molar-refractivity contribution in [2.24, 2.45) is 0 Å². The summed E-state index contributed by atoms with van der Waals surface area (Å²) in [5, 5.41) is 15.2. The molecule has 1 aromatic carbocycles. The van der Waals surface area contributed by atoms with Crippen LogP contribution in [0.25, 0.3) is 0 Å². The first-order valence-corrected chi connectivity index (χ1v) is 8.48. The molecule has 0 spiro atoms. The van der Waals surface area contributed by atoms with Crippen molar-refractivity contribution in [1.29, 1.82) is 0 Å². The molecule has 0 amide bonds. The molecule has 1 aliphatic rings. The monoisotopic (exact) mass is 366 g/mol. The fourth-order valence-corrected chi connectivity index (χ4v) is 2.66. The second-order valence-electron chi connectivity index (χ2n) is 6.60. The number of hydrogen-bond donors (Lipinski definition) is 3. The van der Waals surface area contributed by atoms with Crippen LogP contribution in [0.2, 0.25) is 0 Å². The normalized spacial score (nSPS) is 15.6. The van der Waals surface area contributed by atoms with Crippen molar-refractivity contribution in [1.82, 2.24) is 9.97 Å². The van der Waals surface area contributed by atoms with Crippen LogP contribution in [-0.4, -0.2) is 27.7 Å².